The molecule has 1 nitrogen and oxygen atoms in total. The second-order valence-corrected chi connectivity index (χ2v) is 6.93. The molecule has 3 heteroatoms. The molecule has 0 N–H and O–H groups in total. The molecule has 0 bridgehead atoms. The van der Waals surface area contributed by atoms with Gasteiger partial charge < -0.3 is 0 Å². The van der Waals surface area contributed by atoms with Gasteiger partial charge in [-0.1, -0.05) is 25.7 Å². The summed E-state index contributed by atoms with van der Waals surface area (Å²) >= 11 is 5.08. The molecule has 1 aromatic heterocycles. The van der Waals surface area contributed by atoms with E-state index in [0.717, 1.165) is 20.6 Å². The molecule has 1 heterocycles. The smallest absolute Gasteiger partial charge is 0.164 e. The van der Waals surface area contributed by atoms with Gasteiger partial charge in [-0.3, -0.25) is 4.79 Å². The quantitative estimate of drug-likeness (QED) is 0.743. The molecule has 1 fully saturated rings. The lowest BCUT2D eigenvalue weighted by Crippen LogP contribution is -2.05. The summed E-state index contributed by atoms with van der Waals surface area (Å²) in [6.07, 6.45) is 5.87. The first-order valence-corrected chi connectivity index (χ1v) is 7.07. The van der Waals surface area contributed by atoms with E-state index in [4.69, 9.17) is 0 Å². The molecular weight excluding hydrogens is 272 g/mol. The minimum absolute atomic E-state index is 0.335. The van der Waals surface area contributed by atoms with Crippen molar-refractivity contribution >= 4 is 33.0 Å². The van der Waals surface area contributed by atoms with Crippen LogP contribution in [-0.4, -0.2) is 5.78 Å². The van der Waals surface area contributed by atoms with Crippen LogP contribution in [0.4, 0.5) is 0 Å². The summed E-state index contributed by atoms with van der Waals surface area (Å²) in [5.41, 5.74) is 0.929. The Hall–Kier alpha value is -0.150. The van der Waals surface area contributed by atoms with Crippen LogP contribution in [-0.2, 0) is 0 Å². The van der Waals surface area contributed by atoms with E-state index >= 15 is 0 Å². The van der Waals surface area contributed by atoms with Crippen LogP contribution in [0.1, 0.15) is 47.3 Å². The van der Waals surface area contributed by atoms with Crippen molar-refractivity contribution in [1.82, 2.24) is 0 Å². The van der Waals surface area contributed by atoms with Crippen molar-refractivity contribution in [3.63, 3.8) is 0 Å². The fourth-order valence-corrected chi connectivity index (χ4v) is 4.02. The van der Waals surface area contributed by atoms with E-state index in [1.54, 1.807) is 11.3 Å². The highest BCUT2D eigenvalue weighted by molar-refractivity contribution is 9.11. The Labute approximate surface area is 103 Å². The molecule has 0 spiro atoms. The Morgan fingerprint density at radius 2 is 2.20 bits per heavy atom. The lowest BCUT2D eigenvalue weighted by atomic mass is 9.97. The molecule has 0 saturated heterocycles. The van der Waals surface area contributed by atoms with E-state index in [9.17, 15) is 4.79 Å². The number of halogens is 1. The second kappa shape index (κ2) is 4.79. The molecule has 1 aromatic rings. The van der Waals surface area contributed by atoms with Gasteiger partial charge in [0.2, 0.25) is 0 Å². The number of Topliss-reactive ketones (excluding diaryl/α,β-unsaturated/α-hetero) is 1. The third-order valence-corrected chi connectivity index (χ3v) is 4.69. The fourth-order valence-electron chi connectivity index (χ4n) is 2.31. The Morgan fingerprint density at radius 3 is 2.73 bits per heavy atom. The largest absolute Gasteiger partial charge is 0.294 e. The summed E-state index contributed by atoms with van der Waals surface area (Å²) in [5.74, 6) is 0.983. The minimum atomic E-state index is 0.335. The number of rotatable bonds is 3. The zero-order valence-electron chi connectivity index (χ0n) is 8.88. The predicted octanol–water partition coefficient (Wildman–Crippen LogP) is 4.58. The van der Waals surface area contributed by atoms with Gasteiger partial charge >= 0.3 is 0 Å². The first-order valence-electron chi connectivity index (χ1n) is 5.46. The zero-order valence-corrected chi connectivity index (χ0v) is 11.3. The van der Waals surface area contributed by atoms with Gasteiger partial charge in [-0.15, -0.1) is 11.3 Å². The molecule has 1 aliphatic rings. The summed E-state index contributed by atoms with van der Waals surface area (Å²) in [7, 11) is 0. The van der Waals surface area contributed by atoms with Gasteiger partial charge in [0.05, 0.1) is 3.79 Å². The highest BCUT2D eigenvalue weighted by Gasteiger charge is 2.21. The second-order valence-electron chi connectivity index (χ2n) is 4.30. The Bertz CT molecular complexity index is 364. The first kappa shape index (κ1) is 11.3. The molecule has 0 aromatic carbocycles. The van der Waals surface area contributed by atoms with Crippen molar-refractivity contribution in [3.8, 4) is 0 Å². The third-order valence-electron chi connectivity index (χ3n) is 3.14. The van der Waals surface area contributed by atoms with Gasteiger partial charge in [0.25, 0.3) is 0 Å². The molecule has 0 amide bonds. The van der Waals surface area contributed by atoms with Gasteiger partial charge in [-0.2, -0.15) is 0 Å². The molecule has 2 rings (SSSR count). The van der Waals surface area contributed by atoms with Crippen molar-refractivity contribution in [2.75, 3.05) is 0 Å². The maximum Gasteiger partial charge on any atom is 0.164 e. The molecule has 0 radical (unpaired) electrons. The number of aryl methyl sites for hydroxylation is 1. The van der Waals surface area contributed by atoms with Crippen molar-refractivity contribution in [2.24, 2.45) is 5.92 Å². The van der Waals surface area contributed by atoms with E-state index in [1.165, 1.54) is 25.7 Å². The number of hydrogen-bond acceptors (Lipinski definition) is 2. The highest BCUT2D eigenvalue weighted by Crippen LogP contribution is 2.32. The number of hydrogen-bond donors (Lipinski definition) is 0. The van der Waals surface area contributed by atoms with E-state index < -0.39 is 0 Å². The fraction of sp³-hybridized carbons (Fsp3) is 0.583. The highest BCUT2D eigenvalue weighted by atomic mass is 79.9. The molecular formula is C12H15BrOS. The van der Waals surface area contributed by atoms with Crippen LogP contribution < -0.4 is 0 Å². The monoisotopic (exact) mass is 286 g/mol. The van der Waals surface area contributed by atoms with Gasteiger partial charge in [0.1, 0.15) is 0 Å². The minimum Gasteiger partial charge on any atom is -0.294 e. The van der Waals surface area contributed by atoms with Crippen LogP contribution in [0.3, 0.4) is 0 Å². The number of carbonyl (C=O) groups is 1. The van der Waals surface area contributed by atoms with Crippen molar-refractivity contribution < 1.29 is 4.79 Å². The van der Waals surface area contributed by atoms with Gasteiger partial charge in [-0.05, 0) is 34.8 Å². The summed E-state index contributed by atoms with van der Waals surface area (Å²) in [4.78, 5) is 13.2. The van der Waals surface area contributed by atoms with E-state index in [0.29, 0.717) is 11.7 Å². The van der Waals surface area contributed by atoms with E-state index in [-0.39, 0.29) is 0 Å². The molecule has 0 aliphatic heterocycles. The van der Waals surface area contributed by atoms with Crippen LogP contribution in [0.15, 0.2) is 9.85 Å². The average Bonchev–Trinajstić information content (AvgIpc) is 2.75. The van der Waals surface area contributed by atoms with Crippen molar-refractivity contribution in [3.05, 3.63) is 20.3 Å². The Morgan fingerprint density at radius 1 is 1.53 bits per heavy atom. The molecule has 0 unspecified atom stereocenters. The first-order chi connectivity index (χ1) is 7.16. The Balaban J connectivity index is 2.03. The molecule has 0 atom stereocenters. The van der Waals surface area contributed by atoms with Gasteiger partial charge in [-0.25, -0.2) is 0 Å². The summed E-state index contributed by atoms with van der Waals surface area (Å²) < 4.78 is 1.06. The normalized spacial score (nSPS) is 17.2. The lowest BCUT2D eigenvalue weighted by molar-refractivity contribution is 0.0962. The van der Waals surface area contributed by atoms with Crippen molar-refractivity contribution in [2.45, 2.75) is 39.0 Å². The van der Waals surface area contributed by atoms with E-state index in [1.807, 2.05) is 13.0 Å². The average molecular weight is 287 g/mol. The van der Waals surface area contributed by atoms with Gasteiger partial charge in [0.15, 0.2) is 5.78 Å². The third kappa shape index (κ3) is 2.70. The van der Waals surface area contributed by atoms with Crippen LogP contribution >= 0.6 is 27.3 Å². The topological polar surface area (TPSA) is 17.1 Å². The molecule has 82 valence electrons. The SMILES string of the molecule is Cc1sc(Br)cc1C(=O)CC1CCCC1. The standard InChI is InChI=1S/C12H15BrOS/c1-8-10(7-12(13)15-8)11(14)6-9-4-2-3-5-9/h7,9H,2-6H2,1H3. The zero-order chi connectivity index (χ0) is 10.8. The van der Waals surface area contributed by atoms with Gasteiger partial charge in [0, 0.05) is 16.9 Å². The molecule has 1 saturated carbocycles. The van der Waals surface area contributed by atoms with Crippen LogP contribution in [0.5, 0.6) is 0 Å². The summed E-state index contributed by atoms with van der Waals surface area (Å²) in [6, 6.07) is 1.97. The number of carbonyl (C=O) groups excluding carboxylic acids is 1. The summed E-state index contributed by atoms with van der Waals surface area (Å²) in [5, 5.41) is 0. The summed E-state index contributed by atoms with van der Waals surface area (Å²) in [6.45, 7) is 2.03. The lowest BCUT2D eigenvalue weighted by Gasteiger charge is -2.06. The number of ketones is 1. The van der Waals surface area contributed by atoms with E-state index in [2.05, 4.69) is 15.9 Å². The van der Waals surface area contributed by atoms with Crippen LogP contribution in [0.2, 0.25) is 0 Å². The maximum absolute atomic E-state index is 12.0. The number of thiophene rings is 1. The van der Waals surface area contributed by atoms with Crippen LogP contribution in [0.25, 0.3) is 0 Å². The van der Waals surface area contributed by atoms with Crippen molar-refractivity contribution in [1.29, 1.82) is 0 Å². The van der Waals surface area contributed by atoms with Crippen LogP contribution in [0, 0.1) is 12.8 Å². The molecule has 1 aliphatic carbocycles. The maximum atomic E-state index is 12.0. The Kier molecular flexibility index (Phi) is 3.62. The molecule has 15 heavy (non-hydrogen) atoms. The predicted molar refractivity (Wildman–Crippen MR) is 67.7 cm³/mol.